The summed E-state index contributed by atoms with van der Waals surface area (Å²) in [6.45, 7) is 2.00. The zero-order valence-electron chi connectivity index (χ0n) is 10.7. The molecule has 0 radical (unpaired) electrons. The molecule has 0 unspecified atom stereocenters. The fourth-order valence-electron chi connectivity index (χ4n) is 1.79. The van der Waals surface area contributed by atoms with Crippen LogP contribution in [0, 0.1) is 10.1 Å². The van der Waals surface area contributed by atoms with Crippen molar-refractivity contribution in [1.29, 1.82) is 0 Å². The van der Waals surface area contributed by atoms with E-state index in [2.05, 4.69) is 25.9 Å². The van der Waals surface area contributed by atoms with E-state index < -0.39 is 4.92 Å². The van der Waals surface area contributed by atoms with Gasteiger partial charge in [-0.3, -0.25) is 14.9 Å². The van der Waals surface area contributed by atoms with Crippen LogP contribution in [-0.4, -0.2) is 14.9 Å². The van der Waals surface area contributed by atoms with Gasteiger partial charge in [-0.1, -0.05) is 13.3 Å². The first-order chi connectivity index (χ1) is 9.52. The number of H-pyrrole nitrogens is 1. The third-order valence-corrected chi connectivity index (χ3v) is 3.59. The molecule has 0 amide bonds. The van der Waals surface area contributed by atoms with Gasteiger partial charge in [-0.2, -0.15) is 0 Å². The van der Waals surface area contributed by atoms with Crippen molar-refractivity contribution in [3.63, 3.8) is 0 Å². The van der Waals surface area contributed by atoms with E-state index in [-0.39, 0.29) is 11.2 Å². The number of halogens is 1. The molecule has 0 saturated heterocycles. The van der Waals surface area contributed by atoms with Crippen LogP contribution in [0.25, 0.3) is 11.4 Å². The van der Waals surface area contributed by atoms with Gasteiger partial charge in [0.25, 0.3) is 11.2 Å². The monoisotopic (exact) mass is 337 g/mol. The number of aryl methyl sites for hydroxylation is 1. The lowest BCUT2D eigenvalue weighted by molar-refractivity contribution is -0.384. The molecule has 0 atom stereocenters. The van der Waals surface area contributed by atoms with Crippen molar-refractivity contribution in [2.24, 2.45) is 0 Å². The number of aromatic amines is 1. The van der Waals surface area contributed by atoms with Crippen LogP contribution in [0.3, 0.4) is 0 Å². The van der Waals surface area contributed by atoms with Crippen LogP contribution in [0.1, 0.15) is 19.0 Å². The first kappa shape index (κ1) is 14.4. The average molecular weight is 338 g/mol. The maximum Gasteiger partial charge on any atom is 0.269 e. The van der Waals surface area contributed by atoms with Crippen LogP contribution in [0.4, 0.5) is 5.69 Å². The first-order valence-corrected chi connectivity index (χ1v) is 6.85. The quantitative estimate of drug-likeness (QED) is 0.685. The molecule has 0 saturated carbocycles. The summed E-state index contributed by atoms with van der Waals surface area (Å²) in [7, 11) is 0. The number of rotatable bonds is 4. The van der Waals surface area contributed by atoms with Gasteiger partial charge in [0, 0.05) is 17.7 Å². The highest BCUT2D eigenvalue weighted by Crippen LogP contribution is 2.20. The highest BCUT2D eigenvalue weighted by molar-refractivity contribution is 9.10. The van der Waals surface area contributed by atoms with Gasteiger partial charge in [0.2, 0.25) is 0 Å². The molecule has 1 aromatic heterocycles. The second kappa shape index (κ2) is 5.96. The lowest BCUT2D eigenvalue weighted by Crippen LogP contribution is -2.13. The number of nitro groups is 1. The molecule has 6 nitrogen and oxygen atoms in total. The Morgan fingerprint density at radius 1 is 1.35 bits per heavy atom. The number of nitro benzene ring substituents is 1. The number of nitrogens with zero attached hydrogens (tertiary/aromatic N) is 2. The van der Waals surface area contributed by atoms with Gasteiger partial charge in [-0.15, -0.1) is 0 Å². The van der Waals surface area contributed by atoms with Gasteiger partial charge < -0.3 is 4.98 Å². The highest BCUT2D eigenvalue weighted by atomic mass is 79.9. The Balaban J connectivity index is 2.47. The Hall–Kier alpha value is -2.02. The molecule has 1 heterocycles. The Morgan fingerprint density at radius 3 is 2.55 bits per heavy atom. The summed E-state index contributed by atoms with van der Waals surface area (Å²) in [5.41, 5.74) is 1.07. The molecule has 0 fully saturated rings. The van der Waals surface area contributed by atoms with E-state index in [9.17, 15) is 14.9 Å². The molecule has 0 bridgehead atoms. The molecular weight excluding hydrogens is 326 g/mol. The third-order valence-electron chi connectivity index (χ3n) is 2.77. The number of hydrogen-bond acceptors (Lipinski definition) is 4. The van der Waals surface area contributed by atoms with Crippen molar-refractivity contribution in [3.8, 4) is 11.4 Å². The van der Waals surface area contributed by atoms with Crippen LogP contribution in [0.15, 0.2) is 33.5 Å². The fourth-order valence-corrected chi connectivity index (χ4v) is 2.17. The molecule has 1 N–H and O–H groups in total. The standard InChI is InChI=1S/C13H12BrN3O3/c1-2-3-10-11(14)13(18)16-12(15-10)8-4-6-9(7-5-8)17(19)20/h4-7H,2-3H2,1H3,(H,15,16,18). The van der Waals surface area contributed by atoms with Gasteiger partial charge in [-0.25, -0.2) is 4.98 Å². The minimum atomic E-state index is -0.468. The van der Waals surface area contributed by atoms with E-state index in [1.807, 2.05) is 6.92 Å². The zero-order chi connectivity index (χ0) is 14.7. The van der Waals surface area contributed by atoms with E-state index in [0.29, 0.717) is 28.0 Å². The fraction of sp³-hybridized carbons (Fsp3) is 0.231. The van der Waals surface area contributed by atoms with Crippen molar-refractivity contribution in [2.45, 2.75) is 19.8 Å². The summed E-state index contributed by atoms with van der Waals surface area (Å²) in [5.74, 6) is 0.413. The maximum absolute atomic E-state index is 11.8. The van der Waals surface area contributed by atoms with Gasteiger partial charge >= 0.3 is 0 Å². The number of aromatic nitrogens is 2. The Bertz CT molecular complexity index is 695. The minimum Gasteiger partial charge on any atom is -0.306 e. The number of hydrogen-bond donors (Lipinski definition) is 1. The summed E-state index contributed by atoms with van der Waals surface area (Å²) in [5, 5.41) is 10.6. The van der Waals surface area contributed by atoms with Crippen molar-refractivity contribution in [1.82, 2.24) is 9.97 Å². The topological polar surface area (TPSA) is 88.9 Å². The number of nitrogens with one attached hydrogen (secondary N) is 1. The second-order valence-electron chi connectivity index (χ2n) is 4.23. The van der Waals surface area contributed by atoms with Crippen LogP contribution < -0.4 is 5.56 Å². The number of benzene rings is 1. The van der Waals surface area contributed by atoms with Gasteiger partial charge in [0.1, 0.15) is 10.3 Å². The molecule has 0 aliphatic rings. The second-order valence-corrected chi connectivity index (χ2v) is 5.02. The summed E-state index contributed by atoms with van der Waals surface area (Å²) >= 11 is 3.22. The smallest absolute Gasteiger partial charge is 0.269 e. The summed E-state index contributed by atoms with van der Waals surface area (Å²) in [6, 6.07) is 5.91. The Kier molecular flexibility index (Phi) is 4.29. The van der Waals surface area contributed by atoms with Crippen molar-refractivity contribution >= 4 is 21.6 Å². The molecule has 7 heteroatoms. The van der Waals surface area contributed by atoms with E-state index in [1.165, 1.54) is 12.1 Å². The van der Waals surface area contributed by atoms with Crippen LogP contribution in [0.2, 0.25) is 0 Å². The summed E-state index contributed by atoms with van der Waals surface area (Å²) in [6.07, 6.45) is 1.55. The van der Waals surface area contributed by atoms with Crippen molar-refractivity contribution in [3.05, 3.63) is 54.9 Å². The predicted octanol–water partition coefficient (Wildman–Crippen LogP) is 3.06. The van der Waals surface area contributed by atoms with Gasteiger partial charge in [0.05, 0.1) is 10.6 Å². The molecule has 2 aromatic rings. The lowest BCUT2D eigenvalue weighted by atomic mass is 10.2. The molecule has 20 heavy (non-hydrogen) atoms. The molecule has 0 aliphatic heterocycles. The number of non-ortho nitro benzene ring substituents is 1. The van der Waals surface area contributed by atoms with E-state index in [1.54, 1.807) is 12.1 Å². The van der Waals surface area contributed by atoms with Gasteiger partial charge in [-0.05, 0) is 34.5 Å². The minimum absolute atomic E-state index is 0.00184. The van der Waals surface area contributed by atoms with Crippen LogP contribution in [-0.2, 0) is 6.42 Å². The molecule has 0 spiro atoms. The van der Waals surface area contributed by atoms with Crippen molar-refractivity contribution in [2.75, 3.05) is 0 Å². The van der Waals surface area contributed by atoms with E-state index >= 15 is 0 Å². The van der Waals surface area contributed by atoms with Crippen molar-refractivity contribution < 1.29 is 4.92 Å². The van der Waals surface area contributed by atoms with E-state index in [0.717, 1.165) is 6.42 Å². The SMILES string of the molecule is CCCc1nc(-c2ccc([N+](=O)[O-])cc2)[nH]c(=O)c1Br. The lowest BCUT2D eigenvalue weighted by Gasteiger charge is -2.05. The molecular formula is C13H12BrN3O3. The Labute approximate surface area is 123 Å². The Morgan fingerprint density at radius 2 is 2.00 bits per heavy atom. The first-order valence-electron chi connectivity index (χ1n) is 6.06. The van der Waals surface area contributed by atoms with E-state index in [4.69, 9.17) is 0 Å². The van der Waals surface area contributed by atoms with Gasteiger partial charge in [0.15, 0.2) is 0 Å². The molecule has 104 valence electrons. The van der Waals surface area contributed by atoms with Crippen LogP contribution >= 0.6 is 15.9 Å². The average Bonchev–Trinajstić information content (AvgIpc) is 2.44. The van der Waals surface area contributed by atoms with Crippen LogP contribution in [0.5, 0.6) is 0 Å². The zero-order valence-corrected chi connectivity index (χ0v) is 12.3. The summed E-state index contributed by atoms with van der Waals surface area (Å²) in [4.78, 5) is 29.0. The predicted molar refractivity (Wildman–Crippen MR) is 78.6 cm³/mol. The molecule has 1 aromatic carbocycles. The maximum atomic E-state index is 11.8. The molecule has 0 aliphatic carbocycles. The third kappa shape index (κ3) is 2.93. The highest BCUT2D eigenvalue weighted by Gasteiger charge is 2.11. The normalized spacial score (nSPS) is 10.5. The summed E-state index contributed by atoms with van der Waals surface area (Å²) < 4.78 is 0.435. The molecule has 2 rings (SSSR count). The largest absolute Gasteiger partial charge is 0.306 e.